The van der Waals surface area contributed by atoms with Crippen molar-refractivity contribution in [2.24, 2.45) is 5.73 Å². The van der Waals surface area contributed by atoms with Gasteiger partial charge in [0.1, 0.15) is 28.1 Å². The second-order valence-electron chi connectivity index (χ2n) is 3.99. The monoisotopic (exact) mass is 279 g/mol. The predicted molar refractivity (Wildman–Crippen MR) is 73.5 cm³/mol. The quantitative estimate of drug-likeness (QED) is 0.870. The molecule has 0 fully saturated rings. The average Bonchev–Trinajstić information content (AvgIpc) is 2.32. The van der Waals surface area contributed by atoms with E-state index < -0.39 is 5.82 Å². The maximum atomic E-state index is 13.7. The van der Waals surface area contributed by atoms with Crippen molar-refractivity contribution in [1.82, 2.24) is 0 Å². The molecule has 0 aliphatic carbocycles. The van der Waals surface area contributed by atoms with Crippen LogP contribution in [0.5, 0.6) is 11.5 Å². The third kappa shape index (κ3) is 2.88. The number of thiocarbonyl (C=S) groups is 1. The van der Waals surface area contributed by atoms with Crippen molar-refractivity contribution in [3.63, 3.8) is 0 Å². The van der Waals surface area contributed by atoms with E-state index in [9.17, 15) is 8.78 Å². The van der Waals surface area contributed by atoms with Crippen molar-refractivity contribution in [3.05, 3.63) is 59.2 Å². The second kappa shape index (κ2) is 5.32. The van der Waals surface area contributed by atoms with Gasteiger partial charge in [0.2, 0.25) is 0 Å². The summed E-state index contributed by atoms with van der Waals surface area (Å²) < 4.78 is 32.2. The Labute approximate surface area is 114 Å². The summed E-state index contributed by atoms with van der Waals surface area (Å²) in [7, 11) is 0. The van der Waals surface area contributed by atoms with Gasteiger partial charge in [-0.25, -0.2) is 8.78 Å². The van der Waals surface area contributed by atoms with E-state index in [2.05, 4.69) is 0 Å². The largest absolute Gasteiger partial charge is 0.456 e. The van der Waals surface area contributed by atoms with Gasteiger partial charge < -0.3 is 10.5 Å². The fourth-order valence-corrected chi connectivity index (χ4v) is 1.87. The number of ether oxygens (including phenoxy) is 1. The summed E-state index contributed by atoms with van der Waals surface area (Å²) in [4.78, 5) is -0.0899. The van der Waals surface area contributed by atoms with E-state index in [0.717, 1.165) is 0 Å². The molecule has 2 rings (SSSR count). The molecule has 2 nitrogen and oxygen atoms in total. The first-order chi connectivity index (χ1) is 8.99. The molecule has 0 aromatic heterocycles. The highest BCUT2D eigenvalue weighted by molar-refractivity contribution is 7.80. The highest BCUT2D eigenvalue weighted by Gasteiger charge is 2.14. The Bertz CT molecular complexity index is 643. The summed E-state index contributed by atoms with van der Waals surface area (Å²) in [6.07, 6.45) is 0. The van der Waals surface area contributed by atoms with Crippen LogP contribution in [-0.4, -0.2) is 4.99 Å². The predicted octanol–water partition coefficient (Wildman–Crippen LogP) is 3.70. The number of rotatable bonds is 3. The van der Waals surface area contributed by atoms with Crippen LogP contribution in [0.3, 0.4) is 0 Å². The Morgan fingerprint density at radius 2 is 1.89 bits per heavy atom. The normalized spacial score (nSPS) is 10.3. The first kappa shape index (κ1) is 13.4. The highest BCUT2D eigenvalue weighted by atomic mass is 32.1. The van der Waals surface area contributed by atoms with E-state index in [0.29, 0.717) is 11.3 Å². The summed E-state index contributed by atoms with van der Waals surface area (Å²) in [5.41, 5.74) is 6.12. The van der Waals surface area contributed by atoms with Gasteiger partial charge in [-0.05, 0) is 42.8 Å². The van der Waals surface area contributed by atoms with Crippen molar-refractivity contribution in [1.29, 1.82) is 0 Å². The lowest BCUT2D eigenvalue weighted by atomic mass is 10.1. The van der Waals surface area contributed by atoms with E-state index in [1.165, 1.54) is 30.3 Å². The smallest absolute Gasteiger partial charge is 0.140 e. The number of nitrogens with two attached hydrogens (primary N) is 1. The maximum absolute atomic E-state index is 13.7. The van der Waals surface area contributed by atoms with Crippen LogP contribution in [0.4, 0.5) is 8.78 Å². The first-order valence-corrected chi connectivity index (χ1v) is 5.92. The maximum Gasteiger partial charge on any atom is 0.140 e. The first-order valence-electron chi connectivity index (χ1n) is 5.51. The topological polar surface area (TPSA) is 35.2 Å². The zero-order valence-electron chi connectivity index (χ0n) is 10.1. The molecule has 0 heterocycles. The van der Waals surface area contributed by atoms with Gasteiger partial charge in [0, 0.05) is 0 Å². The van der Waals surface area contributed by atoms with Crippen LogP contribution < -0.4 is 10.5 Å². The summed E-state index contributed by atoms with van der Waals surface area (Å²) in [5, 5.41) is 0. The standard InChI is InChI=1S/C14H11F2NOS/c1-8-7-9(15)5-6-11(8)18-12-4-2-3-10(16)13(12)14(17)19/h2-7H,1H3,(H2,17,19). The van der Waals surface area contributed by atoms with Gasteiger partial charge >= 0.3 is 0 Å². The fourth-order valence-electron chi connectivity index (χ4n) is 1.67. The van der Waals surface area contributed by atoms with Gasteiger partial charge in [0.15, 0.2) is 0 Å². The van der Waals surface area contributed by atoms with Gasteiger partial charge in [0.25, 0.3) is 0 Å². The minimum absolute atomic E-state index is 0.0428. The van der Waals surface area contributed by atoms with Crippen LogP contribution in [0.15, 0.2) is 36.4 Å². The molecule has 0 bridgehead atoms. The third-order valence-electron chi connectivity index (χ3n) is 2.58. The Morgan fingerprint density at radius 3 is 2.53 bits per heavy atom. The molecule has 0 aliphatic rings. The Kier molecular flexibility index (Phi) is 3.76. The lowest BCUT2D eigenvalue weighted by Gasteiger charge is -2.12. The fraction of sp³-hybridized carbons (Fsp3) is 0.0714. The van der Waals surface area contributed by atoms with E-state index >= 15 is 0 Å². The Hall–Kier alpha value is -2.01. The van der Waals surface area contributed by atoms with Gasteiger partial charge in [-0.15, -0.1) is 0 Å². The molecule has 2 N–H and O–H groups in total. The number of halogens is 2. The summed E-state index contributed by atoms with van der Waals surface area (Å²) in [5.74, 6) is -0.282. The van der Waals surface area contributed by atoms with Crippen LogP contribution in [0.2, 0.25) is 0 Å². The molecule has 19 heavy (non-hydrogen) atoms. The molecule has 0 aliphatic heterocycles. The number of hydrogen-bond donors (Lipinski definition) is 1. The highest BCUT2D eigenvalue weighted by Crippen LogP contribution is 2.29. The minimum Gasteiger partial charge on any atom is -0.456 e. The van der Waals surface area contributed by atoms with Crippen molar-refractivity contribution in [2.75, 3.05) is 0 Å². The second-order valence-corrected chi connectivity index (χ2v) is 4.43. The van der Waals surface area contributed by atoms with Crippen LogP contribution in [0.25, 0.3) is 0 Å². The summed E-state index contributed by atoms with van der Waals surface area (Å²) >= 11 is 4.80. The molecular weight excluding hydrogens is 268 g/mol. The molecule has 0 spiro atoms. The molecule has 2 aromatic rings. The Balaban J connectivity index is 2.44. The SMILES string of the molecule is Cc1cc(F)ccc1Oc1cccc(F)c1C(N)=S. The van der Waals surface area contributed by atoms with E-state index in [1.807, 2.05) is 0 Å². The molecule has 0 radical (unpaired) electrons. The van der Waals surface area contributed by atoms with E-state index in [4.69, 9.17) is 22.7 Å². The summed E-state index contributed by atoms with van der Waals surface area (Å²) in [6, 6.07) is 8.36. The zero-order valence-corrected chi connectivity index (χ0v) is 10.9. The molecule has 0 saturated carbocycles. The van der Waals surface area contributed by atoms with Crippen LogP contribution in [0, 0.1) is 18.6 Å². The van der Waals surface area contributed by atoms with Gasteiger partial charge in [-0.2, -0.15) is 0 Å². The van der Waals surface area contributed by atoms with Crippen LogP contribution >= 0.6 is 12.2 Å². The molecule has 0 saturated heterocycles. The minimum atomic E-state index is -0.551. The summed E-state index contributed by atoms with van der Waals surface area (Å²) in [6.45, 7) is 1.69. The van der Waals surface area contributed by atoms with Crippen molar-refractivity contribution < 1.29 is 13.5 Å². The lowest BCUT2D eigenvalue weighted by molar-refractivity contribution is 0.470. The number of hydrogen-bond acceptors (Lipinski definition) is 2. The van der Waals surface area contributed by atoms with Crippen LogP contribution in [0.1, 0.15) is 11.1 Å². The number of benzene rings is 2. The molecule has 0 amide bonds. The van der Waals surface area contributed by atoms with Crippen molar-refractivity contribution in [2.45, 2.75) is 6.92 Å². The molecule has 5 heteroatoms. The van der Waals surface area contributed by atoms with E-state index in [1.54, 1.807) is 13.0 Å². The van der Waals surface area contributed by atoms with Crippen molar-refractivity contribution >= 4 is 17.2 Å². The molecule has 0 unspecified atom stereocenters. The number of aryl methyl sites for hydroxylation is 1. The van der Waals surface area contributed by atoms with Gasteiger partial charge in [-0.1, -0.05) is 18.3 Å². The average molecular weight is 279 g/mol. The molecule has 98 valence electrons. The molecule has 2 aromatic carbocycles. The zero-order chi connectivity index (χ0) is 14.0. The third-order valence-corrected chi connectivity index (χ3v) is 2.78. The van der Waals surface area contributed by atoms with Gasteiger partial charge in [-0.3, -0.25) is 0 Å². The van der Waals surface area contributed by atoms with Crippen LogP contribution in [-0.2, 0) is 0 Å². The Morgan fingerprint density at radius 1 is 1.16 bits per heavy atom. The lowest BCUT2D eigenvalue weighted by Crippen LogP contribution is -2.13. The van der Waals surface area contributed by atoms with Gasteiger partial charge in [0.05, 0.1) is 5.56 Å². The molecule has 0 atom stereocenters. The van der Waals surface area contributed by atoms with Crippen molar-refractivity contribution in [3.8, 4) is 11.5 Å². The van der Waals surface area contributed by atoms with E-state index in [-0.39, 0.29) is 22.1 Å². The molecular formula is C14H11F2NOS.